The van der Waals surface area contributed by atoms with E-state index < -0.39 is 35.7 Å². The SMILES string of the molecule is O=C(NCc1ccccc1C(F)(F)F)C1(O)CCN(c2ccccc2)C1=O. The number of nitrogens with one attached hydrogen (secondary N) is 1. The zero-order valence-corrected chi connectivity index (χ0v) is 14.2. The van der Waals surface area contributed by atoms with Crippen molar-refractivity contribution in [2.75, 3.05) is 11.4 Å². The Morgan fingerprint density at radius 1 is 1.11 bits per heavy atom. The second kappa shape index (κ2) is 7.03. The third-order valence-corrected chi connectivity index (χ3v) is 4.50. The van der Waals surface area contributed by atoms with Crippen LogP contribution < -0.4 is 10.2 Å². The van der Waals surface area contributed by atoms with Crippen molar-refractivity contribution in [3.63, 3.8) is 0 Å². The summed E-state index contributed by atoms with van der Waals surface area (Å²) < 4.78 is 39.1. The van der Waals surface area contributed by atoms with Gasteiger partial charge in [0.05, 0.1) is 5.56 Å². The molecule has 1 atom stereocenters. The standard InChI is InChI=1S/C19H17F3N2O3/c20-19(21,22)15-9-5-4-6-13(15)12-23-16(25)18(27)10-11-24(17(18)26)14-7-2-1-3-8-14/h1-9,27H,10-12H2,(H,23,25). The summed E-state index contributed by atoms with van der Waals surface area (Å²) in [5.74, 6) is -1.81. The first kappa shape index (κ1) is 18.9. The zero-order chi connectivity index (χ0) is 19.7. The van der Waals surface area contributed by atoms with Gasteiger partial charge in [-0.25, -0.2) is 0 Å². The molecule has 3 rings (SSSR count). The predicted octanol–water partition coefficient (Wildman–Crippen LogP) is 2.49. The van der Waals surface area contributed by atoms with Gasteiger partial charge in [-0.05, 0) is 23.8 Å². The van der Waals surface area contributed by atoms with E-state index in [1.807, 2.05) is 0 Å². The van der Waals surface area contributed by atoms with Crippen LogP contribution in [0.5, 0.6) is 0 Å². The average molecular weight is 378 g/mol. The third-order valence-electron chi connectivity index (χ3n) is 4.50. The minimum atomic E-state index is -4.56. The first-order valence-corrected chi connectivity index (χ1v) is 8.26. The molecule has 0 bridgehead atoms. The Morgan fingerprint density at radius 3 is 2.41 bits per heavy atom. The number of halogens is 3. The summed E-state index contributed by atoms with van der Waals surface area (Å²) in [4.78, 5) is 26.2. The summed E-state index contributed by atoms with van der Waals surface area (Å²) in [5, 5.41) is 12.8. The van der Waals surface area contributed by atoms with Crippen LogP contribution in [0.3, 0.4) is 0 Å². The van der Waals surface area contributed by atoms with Gasteiger partial charge < -0.3 is 15.3 Å². The molecule has 0 aliphatic carbocycles. The van der Waals surface area contributed by atoms with Crippen LogP contribution in [0.25, 0.3) is 0 Å². The number of alkyl halides is 3. The van der Waals surface area contributed by atoms with Crippen molar-refractivity contribution in [2.45, 2.75) is 24.7 Å². The minimum Gasteiger partial charge on any atom is -0.372 e. The molecular weight excluding hydrogens is 361 g/mol. The van der Waals surface area contributed by atoms with E-state index in [9.17, 15) is 27.9 Å². The zero-order valence-electron chi connectivity index (χ0n) is 14.2. The van der Waals surface area contributed by atoms with Crippen LogP contribution in [-0.4, -0.2) is 29.1 Å². The van der Waals surface area contributed by atoms with Gasteiger partial charge in [0.1, 0.15) is 0 Å². The number of carbonyl (C=O) groups is 2. The van der Waals surface area contributed by atoms with E-state index in [0.29, 0.717) is 5.69 Å². The van der Waals surface area contributed by atoms with E-state index in [1.54, 1.807) is 30.3 Å². The maximum absolute atomic E-state index is 13.0. The van der Waals surface area contributed by atoms with Crippen molar-refractivity contribution in [3.8, 4) is 0 Å². The number of para-hydroxylation sites is 1. The molecule has 5 nitrogen and oxygen atoms in total. The largest absolute Gasteiger partial charge is 0.416 e. The highest BCUT2D eigenvalue weighted by atomic mass is 19.4. The molecule has 142 valence electrons. The lowest BCUT2D eigenvalue weighted by molar-refractivity contribution is -0.149. The summed E-state index contributed by atoms with van der Waals surface area (Å²) in [7, 11) is 0. The maximum atomic E-state index is 13.0. The molecule has 0 aromatic heterocycles. The number of aliphatic hydroxyl groups is 1. The highest BCUT2D eigenvalue weighted by Gasteiger charge is 2.51. The molecule has 27 heavy (non-hydrogen) atoms. The Morgan fingerprint density at radius 2 is 1.74 bits per heavy atom. The Bertz CT molecular complexity index is 855. The normalized spacial score (nSPS) is 20.0. The molecule has 2 amide bonds. The molecule has 8 heteroatoms. The molecule has 2 aromatic carbocycles. The predicted molar refractivity (Wildman–Crippen MR) is 91.7 cm³/mol. The number of hydrogen-bond donors (Lipinski definition) is 2. The van der Waals surface area contributed by atoms with Gasteiger partial charge in [0.2, 0.25) is 5.60 Å². The van der Waals surface area contributed by atoms with Crippen molar-refractivity contribution in [1.82, 2.24) is 5.32 Å². The topological polar surface area (TPSA) is 69.6 Å². The van der Waals surface area contributed by atoms with Gasteiger partial charge in [0.25, 0.3) is 11.8 Å². The van der Waals surface area contributed by atoms with E-state index in [2.05, 4.69) is 5.32 Å². The first-order valence-electron chi connectivity index (χ1n) is 8.26. The van der Waals surface area contributed by atoms with Crippen LogP contribution in [0.1, 0.15) is 17.5 Å². The van der Waals surface area contributed by atoms with Crippen LogP contribution in [0, 0.1) is 0 Å². The van der Waals surface area contributed by atoms with E-state index in [1.165, 1.54) is 23.1 Å². The first-order chi connectivity index (χ1) is 12.7. The highest BCUT2D eigenvalue weighted by molar-refractivity contribution is 6.16. The number of anilines is 1. The fourth-order valence-corrected chi connectivity index (χ4v) is 3.04. The van der Waals surface area contributed by atoms with Gasteiger partial charge in [-0.3, -0.25) is 9.59 Å². The second-order valence-electron chi connectivity index (χ2n) is 6.24. The van der Waals surface area contributed by atoms with Gasteiger partial charge in [0.15, 0.2) is 0 Å². The van der Waals surface area contributed by atoms with Crippen molar-refractivity contribution >= 4 is 17.5 Å². The quantitative estimate of drug-likeness (QED) is 0.804. The smallest absolute Gasteiger partial charge is 0.372 e. The van der Waals surface area contributed by atoms with Gasteiger partial charge in [-0.2, -0.15) is 13.2 Å². The monoisotopic (exact) mass is 378 g/mol. The molecule has 1 aliphatic rings. The molecule has 0 radical (unpaired) electrons. The summed E-state index contributed by atoms with van der Waals surface area (Å²) in [5.41, 5.74) is -2.79. The highest BCUT2D eigenvalue weighted by Crippen LogP contribution is 2.32. The Labute approximate surface area is 153 Å². The lowest BCUT2D eigenvalue weighted by Gasteiger charge is -2.22. The van der Waals surface area contributed by atoms with Gasteiger partial charge in [-0.1, -0.05) is 36.4 Å². The van der Waals surface area contributed by atoms with Crippen LogP contribution in [0.2, 0.25) is 0 Å². The van der Waals surface area contributed by atoms with E-state index in [4.69, 9.17) is 0 Å². The molecule has 2 aromatic rings. The summed E-state index contributed by atoms with van der Waals surface area (Å²) in [6.45, 7) is -0.318. The molecule has 1 saturated heterocycles. The number of nitrogens with zero attached hydrogens (tertiary/aromatic N) is 1. The number of carbonyl (C=O) groups excluding carboxylic acids is 2. The molecule has 1 heterocycles. The van der Waals surface area contributed by atoms with Crippen LogP contribution in [0.15, 0.2) is 54.6 Å². The van der Waals surface area contributed by atoms with Crippen LogP contribution in [0.4, 0.5) is 18.9 Å². The average Bonchev–Trinajstić information content (AvgIpc) is 2.96. The van der Waals surface area contributed by atoms with Gasteiger partial charge in [0, 0.05) is 25.2 Å². The van der Waals surface area contributed by atoms with Gasteiger partial charge >= 0.3 is 6.18 Å². The minimum absolute atomic E-state index is 0.131. The summed E-state index contributed by atoms with van der Waals surface area (Å²) in [6.07, 6.45) is -4.71. The molecule has 0 saturated carbocycles. The number of benzene rings is 2. The van der Waals surface area contributed by atoms with E-state index in [-0.39, 0.29) is 18.5 Å². The Hall–Kier alpha value is -2.87. The Balaban J connectivity index is 1.73. The summed E-state index contributed by atoms with van der Waals surface area (Å²) >= 11 is 0. The second-order valence-corrected chi connectivity index (χ2v) is 6.24. The van der Waals surface area contributed by atoms with E-state index >= 15 is 0 Å². The lowest BCUT2D eigenvalue weighted by Crippen LogP contribution is -2.52. The van der Waals surface area contributed by atoms with Crippen molar-refractivity contribution in [3.05, 3.63) is 65.7 Å². The van der Waals surface area contributed by atoms with Crippen molar-refractivity contribution < 1.29 is 27.9 Å². The number of amides is 2. The fraction of sp³-hybridized carbons (Fsp3) is 0.263. The molecule has 1 aliphatic heterocycles. The molecule has 1 unspecified atom stereocenters. The summed E-state index contributed by atoms with van der Waals surface area (Å²) in [6, 6.07) is 13.3. The third kappa shape index (κ3) is 3.66. The number of rotatable bonds is 4. The maximum Gasteiger partial charge on any atom is 0.416 e. The lowest BCUT2D eigenvalue weighted by atomic mass is 10.0. The molecular formula is C19H17F3N2O3. The fourth-order valence-electron chi connectivity index (χ4n) is 3.04. The van der Waals surface area contributed by atoms with Crippen molar-refractivity contribution in [1.29, 1.82) is 0 Å². The molecule has 0 spiro atoms. The Kier molecular flexibility index (Phi) is 4.93. The van der Waals surface area contributed by atoms with E-state index in [0.717, 1.165) is 6.07 Å². The molecule has 1 fully saturated rings. The van der Waals surface area contributed by atoms with Crippen molar-refractivity contribution in [2.24, 2.45) is 0 Å². The number of hydrogen-bond acceptors (Lipinski definition) is 3. The van der Waals surface area contributed by atoms with Crippen LogP contribution in [-0.2, 0) is 22.3 Å². The van der Waals surface area contributed by atoms with Gasteiger partial charge in [-0.15, -0.1) is 0 Å². The van der Waals surface area contributed by atoms with Crippen LogP contribution >= 0.6 is 0 Å². The molecule has 2 N–H and O–H groups in total.